The molecule has 1 saturated heterocycles. The molecule has 10 heteroatoms. The van der Waals surface area contributed by atoms with E-state index in [-0.39, 0.29) is 29.9 Å². The molecule has 2 aromatic heterocycles. The Balaban J connectivity index is 1.31. The van der Waals surface area contributed by atoms with E-state index < -0.39 is 11.7 Å². The highest BCUT2D eigenvalue weighted by Gasteiger charge is 2.32. The first kappa shape index (κ1) is 21.9. The lowest BCUT2D eigenvalue weighted by atomic mass is 10.0. The van der Waals surface area contributed by atoms with Crippen LogP contribution in [0.15, 0.2) is 34.7 Å². The van der Waals surface area contributed by atoms with E-state index in [4.69, 9.17) is 9.15 Å². The fraction of sp³-hybridized carbons (Fsp3) is 0.409. The van der Waals surface area contributed by atoms with Crippen molar-refractivity contribution in [2.75, 3.05) is 19.7 Å². The van der Waals surface area contributed by atoms with Crippen LogP contribution < -0.4 is 4.74 Å². The lowest BCUT2D eigenvalue weighted by molar-refractivity contribution is -0.137. The number of hydrogen-bond donors (Lipinski definition) is 1. The lowest BCUT2D eigenvalue weighted by Crippen LogP contribution is -2.28. The molecule has 0 bridgehead atoms. The van der Waals surface area contributed by atoms with Gasteiger partial charge in [-0.15, -0.1) is 0 Å². The van der Waals surface area contributed by atoms with Crippen molar-refractivity contribution in [3.63, 3.8) is 0 Å². The number of oxazole rings is 1. The molecular weight excluding hydrogens is 425 g/mol. The molecule has 0 radical (unpaired) electrons. The van der Waals surface area contributed by atoms with E-state index in [2.05, 4.69) is 15.2 Å². The maximum Gasteiger partial charge on any atom is 0.416 e. The highest BCUT2D eigenvalue weighted by atomic mass is 19.4. The van der Waals surface area contributed by atoms with Crippen LogP contribution in [0.3, 0.4) is 0 Å². The standard InChI is InChI=1S/C22H23F3N4O3/c1-13-20(32-14(2)26-13)21(30)29-8-6-15(12-29)19-11-17(27-28-19)7-9-31-18-5-3-4-16(10-18)22(23,24)25/h3-5,10-11,15H,6-9,12H2,1-2H3,(H,27,28)/t15-/m0/s1. The average molecular weight is 448 g/mol. The Hall–Kier alpha value is -3.30. The second-order valence-electron chi connectivity index (χ2n) is 7.83. The first-order valence-corrected chi connectivity index (χ1v) is 10.3. The van der Waals surface area contributed by atoms with Crippen LogP contribution in [-0.4, -0.2) is 45.7 Å². The van der Waals surface area contributed by atoms with E-state index >= 15 is 0 Å². The smallest absolute Gasteiger partial charge is 0.416 e. The van der Waals surface area contributed by atoms with Gasteiger partial charge >= 0.3 is 6.18 Å². The van der Waals surface area contributed by atoms with Crippen molar-refractivity contribution in [3.8, 4) is 5.75 Å². The quantitative estimate of drug-likeness (QED) is 0.608. The minimum absolute atomic E-state index is 0.0951. The van der Waals surface area contributed by atoms with Gasteiger partial charge in [-0.3, -0.25) is 9.89 Å². The normalized spacial score (nSPS) is 16.5. The summed E-state index contributed by atoms with van der Waals surface area (Å²) in [4.78, 5) is 18.6. The largest absolute Gasteiger partial charge is 0.493 e. The summed E-state index contributed by atoms with van der Waals surface area (Å²) in [6.45, 7) is 4.80. The van der Waals surface area contributed by atoms with Crippen LogP contribution >= 0.6 is 0 Å². The molecule has 1 fully saturated rings. The first-order valence-electron chi connectivity index (χ1n) is 10.3. The molecule has 3 heterocycles. The molecule has 0 aliphatic carbocycles. The fourth-order valence-corrected chi connectivity index (χ4v) is 3.82. The predicted molar refractivity (Wildman–Crippen MR) is 108 cm³/mol. The van der Waals surface area contributed by atoms with E-state index in [1.807, 2.05) is 6.07 Å². The summed E-state index contributed by atoms with van der Waals surface area (Å²) < 4.78 is 49.3. The Morgan fingerprint density at radius 1 is 1.31 bits per heavy atom. The van der Waals surface area contributed by atoms with Gasteiger partial charge in [0, 0.05) is 38.0 Å². The SMILES string of the molecule is Cc1nc(C)c(C(=O)N2CC[C@H](c3cc(CCOc4cccc(C(F)(F)F)c4)[nH]n3)C2)o1. The monoisotopic (exact) mass is 448 g/mol. The third kappa shape index (κ3) is 4.79. The summed E-state index contributed by atoms with van der Waals surface area (Å²) in [5.74, 6) is 0.833. The summed E-state index contributed by atoms with van der Waals surface area (Å²) in [5.41, 5.74) is 1.51. The molecule has 1 aliphatic heterocycles. The molecule has 1 aliphatic rings. The summed E-state index contributed by atoms with van der Waals surface area (Å²) >= 11 is 0. The maximum absolute atomic E-state index is 12.8. The van der Waals surface area contributed by atoms with Crippen LogP contribution in [0.1, 0.15) is 51.4 Å². The number of aromatic amines is 1. The minimum atomic E-state index is -4.40. The van der Waals surface area contributed by atoms with Gasteiger partial charge in [0.2, 0.25) is 5.76 Å². The Morgan fingerprint density at radius 3 is 2.84 bits per heavy atom. The van der Waals surface area contributed by atoms with Crippen molar-refractivity contribution in [2.24, 2.45) is 0 Å². The molecule has 1 atom stereocenters. The molecule has 0 spiro atoms. The number of nitrogens with one attached hydrogen (secondary N) is 1. The van der Waals surface area contributed by atoms with Crippen molar-refractivity contribution in [3.05, 3.63) is 64.6 Å². The Labute approximate surface area is 182 Å². The molecule has 1 amide bonds. The highest BCUT2D eigenvalue weighted by Crippen LogP contribution is 2.31. The zero-order valence-electron chi connectivity index (χ0n) is 17.7. The zero-order valence-corrected chi connectivity index (χ0v) is 17.7. The number of carbonyl (C=O) groups is 1. The number of likely N-dealkylation sites (tertiary alicyclic amines) is 1. The van der Waals surface area contributed by atoms with Crippen LogP contribution in [0.5, 0.6) is 5.75 Å². The number of aryl methyl sites for hydroxylation is 2. The number of alkyl halides is 3. The second kappa shape index (κ2) is 8.68. The maximum atomic E-state index is 12.8. The van der Waals surface area contributed by atoms with E-state index in [0.29, 0.717) is 31.1 Å². The number of nitrogens with zero attached hydrogens (tertiary/aromatic N) is 3. The number of aromatic nitrogens is 3. The van der Waals surface area contributed by atoms with Crippen molar-refractivity contribution in [1.29, 1.82) is 0 Å². The number of carbonyl (C=O) groups excluding carboxylic acids is 1. The fourth-order valence-electron chi connectivity index (χ4n) is 3.82. The number of rotatable bonds is 6. The van der Waals surface area contributed by atoms with Gasteiger partial charge in [-0.25, -0.2) is 4.98 Å². The van der Waals surface area contributed by atoms with Crippen molar-refractivity contribution in [2.45, 2.75) is 38.8 Å². The highest BCUT2D eigenvalue weighted by molar-refractivity contribution is 5.92. The molecule has 1 N–H and O–H groups in total. The van der Waals surface area contributed by atoms with Gasteiger partial charge in [-0.2, -0.15) is 18.3 Å². The summed E-state index contributed by atoms with van der Waals surface area (Å²) in [5, 5.41) is 7.31. The number of benzene rings is 1. The summed E-state index contributed by atoms with van der Waals surface area (Å²) in [7, 11) is 0. The van der Waals surface area contributed by atoms with Gasteiger partial charge in [0.05, 0.1) is 23.6 Å². The molecule has 32 heavy (non-hydrogen) atoms. The average Bonchev–Trinajstić information content (AvgIpc) is 3.47. The van der Waals surface area contributed by atoms with E-state index in [0.717, 1.165) is 29.9 Å². The Kier molecular flexibility index (Phi) is 5.94. The van der Waals surface area contributed by atoms with Crippen LogP contribution in [0.2, 0.25) is 0 Å². The molecule has 0 saturated carbocycles. The number of hydrogen-bond acceptors (Lipinski definition) is 5. The van der Waals surface area contributed by atoms with Crippen LogP contribution in [0.4, 0.5) is 13.2 Å². The van der Waals surface area contributed by atoms with Gasteiger partial charge in [-0.1, -0.05) is 6.07 Å². The van der Waals surface area contributed by atoms with E-state index in [1.54, 1.807) is 18.7 Å². The van der Waals surface area contributed by atoms with Gasteiger partial charge in [0.15, 0.2) is 5.89 Å². The van der Waals surface area contributed by atoms with Crippen molar-refractivity contribution < 1.29 is 27.1 Å². The number of H-pyrrole nitrogens is 1. The topological polar surface area (TPSA) is 84.3 Å². The second-order valence-corrected chi connectivity index (χ2v) is 7.83. The van der Waals surface area contributed by atoms with Crippen LogP contribution in [0, 0.1) is 13.8 Å². The number of halogens is 3. The van der Waals surface area contributed by atoms with Gasteiger partial charge in [-0.05, 0) is 37.6 Å². The third-order valence-electron chi connectivity index (χ3n) is 5.44. The van der Waals surface area contributed by atoms with Gasteiger partial charge in [0.1, 0.15) is 5.75 Å². The molecule has 7 nitrogen and oxygen atoms in total. The van der Waals surface area contributed by atoms with Gasteiger partial charge < -0.3 is 14.1 Å². The Bertz CT molecular complexity index is 1110. The molecule has 0 unspecified atom stereocenters. The molecule has 4 rings (SSSR count). The van der Waals surface area contributed by atoms with E-state index in [9.17, 15) is 18.0 Å². The van der Waals surface area contributed by atoms with Crippen molar-refractivity contribution >= 4 is 5.91 Å². The number of amides is 1. The van der Waals surface area contributed by atoms with E-state index in [1.165, 1.54) is 12.1 Å². The minimum Gasteiger partial charge on any atom is -0.493 e. The zero-order chi connectivity index (χ0) is 22.9. The molecule has 170 valence electrons. The number of ether oxygens (including phenoxy) is 1. The molecule has 1 aromatic carbocycles. The predicted octanol–water partition coefficient (Wildman–Crippen LogP) is 4.28. The van der Waals surface area contributed by atoms with Gasteiger partial charge in [0.25, 0.3) is 5.91 Å². The van der Waals surface area contributed by atoms with Crippen molar-refractivity contribution in [1.82, 2.24) is 20.1 Å². The lowest BCUT2D eigenvalue weighted by Gasteiger charge is -2.14. The molecule has 3 aromatic rings. The molecular formula is C22H23F3N4O3. The Morgan fingerprint density at radius 2 is 2.12 bits per heavy atom. The van der Waals surface area contributed by atoms with Crippen LogP contribution in [-0.2, 0) is 12.6 Å². The summed E-state index contributed by atoms with van der Waals surface area (Å²) in [6, 6.07) is 6.73. The van der Waals surface area contributed by atoms with Crippen LogP contribution in [0.25, 0.3) is 0 Å². The third-order valence-corrected chi connectivity index (χ3v) is 5.44. The first-order chi connectivity index (χ1) is 15.2. The summed E-state index contributed by atoms with van der Waals surface area (Å²) in [6.07, 6.45) is -3.16.